The number of rotatable bonds is 39. The number of likely N-dealkylation sites (N-methyl/N-ethyl adjacent to an activating group) is 1. The van der Waals surface area contributed by atoms with Gasteiger partial charge in [-0.1, -0.05) is 170 Å². The Hall–Kier alpha value is 0.320. The van der Waals surface area contributed by atoms with E-state index in [2.05, 4.69) is 68.2 Å². The van der Waals surface area contributed by atoms with E-state index >= 15 is 0 Å². The molecule has 1 unspecified atom stereocenters. The van der Waals surface area contributed by atoms with E-state index in [0.29, 0.717) is 0 Å². The summed E-state index contributed by atoms with van der Waals surface area (Å²) < 4.78 is 13.5. The summed E-state index contributed by atoms with van der Waals surface area (Å²) in [5, 5.41) is 1.03. The fourth-order valence-corrected chi connectivity index (χ4v) is 7.25. The van der Waals surface area contributed by atoms with E-state index in [1.165, 1.54) is 180 Å². The van der Waals surface area contributed by atoms with Crippen LogP contribution in [-0.4, -0.2) is 62.9 Å². The van der Waals surface area contributed by atoms with E-state index in [0.717, 1.165) is 42.7 Å². The van der Waals surface area contributed by atoms with Crippen molar-refractivity contribution < 1.29 is 30.9 Å². The van der Waals surface area contributed by atoms with Crippen LogP contribution < -0.4 is 17.0 Å². The summed E-state index contributed by atoms with van der Waals surface area (Å²) in [5.74, 6) is 0. The van der Waals surface area contributed by atoms with Crippen LogP contribution in [0.1, 0.15) is 194 Å². The zero-order chi connectivity index (χ0) is 34.4. The molecule has 0 spiro atoms. The first-order chi connectivity index (χ1) is 23.1. The lowest BCUT2D eigenvalue weighted by atomic mass is 10.1. The predicted octanol–water partition coefficient (Wildman–Crippen LogP) is 10.9. The molecule has 0 aromatic rings. The summed E-state index contributed by atoms with van der Waals surface area (Å²) in [5.41, 5.74) is 0. The molecule has 0 aliphatic heterocycles. The average Bonchev–Trinajstić information content (AvgIpc) is 3.05. The fraction of sp³-hybridized carbons (Fsp3) is 0.907. The molecule has 0 aliphatic rings. The first-order valence-electron chi connectivity index (χ1n) is 20.9. The molecule has 0 fully saturated rings. The number of ether oxygens (including phenoxy) is 2. The van der Waals surface area contributed by atoms with Crippen LogP contribution >= 0.6 is 15.9 Å². The Morgan fingerprint density at radius 1 is 0.500 bits per heavy atom. The van der Waals surface area contributed by atoms with Crippen molar-refractivity contribution in [1.29, 1.82) is 0 Å². The molecule has 0 radical (unpaired) electrons. The van der Waals surface area contributed by atoms with Crippen molar-refractivity contribution in [3.05, 3.63) is 24.3 Å². The molecule has 0 amide bonds. The van der Waals surface area contributed by atoms with Crippen LogP contribution in [0.3, 0.4) is 0 Å². The highest BCUT2D eigenvalue weighted by Gasteiger charge is 2.22. The second kappa shape index (κ2) is 41.7. The molecule has 0 aromatic carbocycles. The van der Waals surface area contributed by atoms with E-state index in [-0.39, 0.29) is 23.1 Å². The smallest absolute Gasteiger partial charge is 0.130 e. The highest BCUT2D eigenvalue weighted by Crippen LogP contribution is 2.13. The third-order valence-corrected chi connectivity index (χ3v) is 9.86. The quantitative estimate of drug-likeness (QED) is 0.0267. The SMILES string of the molecule is CCCCCCCCC=CCCCCCCCCOCC(C[N+](C)(C)CCBr)OCCCCCCCCC=CCCCCCCCC.[Br-]. The van der Waals surface area contributed by atoms with Gasteiger partial charge in [0, 0.05) is 13.2 Å². The Balaban J connectivity index is 0. The van der Waals surface area contributed by atoms with Gasteiger partial charge in [0.05, 0.1) is 32.6 Å². The van der Waals surface area contributed by atoms with Crippen LogP contribution in [0.2, 0.25) is 0 Å². The Morgan fingerprint density at radius 2 is 0.854 bits per heavy atom. The summed E-state index contributed by atoms with van der Waals surface area (Å²) in [6.07, 6.45) is 47.6. The van der Waals surface area contributed by atoms with Crippen LogP contribution in [0.15, 0.2) is 24.3 Å². The van der Waals surface area contributed by atoms with Gasteiger partial charge in [-0.05, 0) is 64.2 Å². The zero-order valence-electron chi connectivity index (χ0n) is 32.9. The number of halogens is 2. The first-order valence-corrected chi connectivity index (χ1v) is 22.0. The third kappa shape index (κ3) is 40.7. The molecule has 0 saturated heterocycles. The molecule has 48 heavy (non-hydrogen) atoms. The molecule has 3 nitrogen and oxygen atoms in total. The molecule has 0 rings (SSSR count). The van der Waals surface area contributed by atoms with Gasteiger partial charge in [0.25, 0.3) is 0 Å². The van der Waals surface area contributed by atoms with Crippen LogP contribution in [0, 0.1) is 0 Å². The van der Waals surface area contributed by atoms with Gasteiger partial charge in [0.15, 0.2) is 0 Å². The van der Waals surface area contributed by atoms with Crippen molar-refractivity contribution in [3.8, 4) is 0 Å². The minimum absolute atomic E-state index is 0. The minimum Gasteiger partial charge on any atom is -1.00 e. The summed E-state index contributed by atoms with van der Waals surface area (Å²) in [6.45, 7) is 9.20. The Kier molecular flexibility index (Phi) is 43.9. The maximum absolute atomic E-state index is 6.41. The van der Waals surface area contributed by atoms with Gasteiger partial charge in [-0.3, -0.25) is 0 Å². The highest BCUT2D eigenvalue weighted by molar-refractivity contribution is 9.09. The molecule has 0 N–H and O–H groups in total. The van der Waals surface area contributed by atoms with Gasteiger partial charge in [-0.25, -0.2) is 0 Å². The molecule has 0 heterocycles. The highest BCUT2D eigenvalue weighted by atomic mass is 79.9. The maximum atomic E-state index is 6.41. The lowest BCUT2D eigenvalue weighted by Crippen LogP contribution is -3.00. The molecular weight excluding hydrogens is 722 g/mol. The normalized spacial score (nSPS) is 12.8. The molecule has 0 aromatic heterocycles. The summed E-state index contributed by atoms with van der Waals surface area (Å²) in [6, 6.07) is 0. The molecule has 5 heteroatoms. The summed E-state index contributed by atoms with van der Waals surface area (Å²) >= 11 is 3.64. The van der Waals surface area contributed by atoms with E-state index in [1.54, 1.807) is 0 Å². The van der Waals surface area contributed by atoms with Crippen LogP contribution in [0.4, 0.5) is 0 Å². The lowest BCUT2D eigenvalue weighted by Gasteiger charge is -2.33. The van der Waals surface area contributed by atoms with Gasteiger partial charge < -0.3 is 30.9 Å². The topological polar surface area (TPSA) is 18.5 Å². The minimum atomic E-state index is 0. The molecule has 0 aliphatic carbocycles. The number of hydrogen-bond acceptors (Lipinski definition) is 2. The Morgan fingerprint density at radius 3 is 1.25 bits per heavy atom. The first kappa shape index (κ1) is 50.4. The van der Waals surface area contributed by atoms with E-state index in [9.17, 15) is 0 Å². The molecule has 1 atom stereocenters. The lowest BCUT2D eigenvalue weighted by molar-refractivity contribution is -0.891. The second-order valence-corrected chi connectivity index (χ2v) is 15.8. The number of alkyl halides is 1. The van der Waals surface area contributed by atoms with Crippen molar-refractivity contribution >= 4 is 15.9 Å². The Bertz CT molecular complexity index is 655. The number of nitrogens with zero attached hydrogens (tertiary/aromatic N) is 1. The van der Waals surface area contributed by atoms with Crippen LogP contribution in [-0.2, 0) is 9.47 Å². The van der Waals surface area contributed by atoms with Gasteiger partial charge in [-0.15, -0.1) is 0 Å². The zero-order valence-corrected chi connectivity index (χ0v) is 36.1. The molecule has 0 bridgehead atoms. The van der Waals surface area contributed by atoms with Crippen molar-refractivity contribution in [3.63, 3.8) is 0 Å². The van der Waals surface area contributed by atoms with Crippen molar-refractivity contribution in [1.82, 2.24) is 0 Å². The summed E-state index contributed by atoms with van der Waals surface area (Å²) in [7, 11) is 4.62. The summed E-state index contributed by atoms with van der Waals surface area (Å²) in [4.78, 5) is 0. The van der Waals surface area contributed by atoms with Gasteiger partial charge >= 0.3 is 0 Å². The maximum Gasteiger partial charge on any atom is 0.130 e. The molecular formula is C43H85Br2NO2. The standard InChI is InChI=1S/C43H85BrNO2.BrH/c1-5-7-9-11-13-15-17-19-21-23-25-27-29-31-33-35-39-46-42-43(41-45(3,4)38-37-44)47-40-36-34-32-30-28-26-24-22-20-18-16-14-12-10-8-6-2;/h19-22,43H,5-18,23-42H2,1-4H3;1H/q+1;/p-1. The third-order valence-electron chi connectivity index (χ3n) is 9.50. The monoisotopic (exact) mass is 805 g/mol. The van der Waals surface area contributed by atoms with E-state index in [4.69, 9.17) is 9.47 Å². The van der Waals surface area contributed by atoms with Crippen LogP contribution in [0.5, 0.6) is 0 Å². The number of quaternary nitrogens is 1. The number of hydrogen-bond donors (Lipinski definition) is 0. The van der Waals surface area contributed by atoms with Gasteiger partial charge in [-0.2, -0.15) is 0 Å². The second-order valence-electron chi connectivity index (χ2n) is 15.0. The average molecular weight is 808 g/mol. The van der Waals surface area contributed by atoms with Crippen LogP contribution in [0.25, 0.3) is 0 Å². The van der Waals surface area contributed by atoms with Gasteiger partial charge in [0.1, 0.15) is 12.6 Å². The molecule has 0 saturated carbocycles. The van der Waals surface area contributed by atoms with E-state index < -0.39 is 0 Å². The van der Waals surface area contributed by atoms with Crippen molar-refractivity contribution in [2.75, 3.05) is 52.3 Å². The van der Waals surface area contributed by atoms with Crippen molar-refractivity contribution in [2.45, 2.75) is 200 Å². The van der Waals surface area contributed by atoms with Crippen molar-refractivity contribution in [2.24, 2.45) is 0 Å². The number of allylic oxidation sites excluding steroid dienone is 4. The van der Waals surface area contributed by atoms with E-state index in [1.807, 2.05) is 0 Å². The number of unbranched alkanes of at least 4 members (excludes halogenated alkanes) is 24. The fourth-order valence-electron chi connectivity index (χ4n) is 6.29. The van der Waals surface area contributed by atoms with Gasteiger partial charge in [0.2, 0.25) is 0 Å². The molecule has 288 valence electrons. The predicted molar refractivity (Wildman–Crippen MR) is 215 cm³/mol. The largest absolute Gasteiger partial charge is 1.00 e. The Labute approximate surface area is 321 Å².